The third kappa shape index (κ3) is 4.71. The maximum absolute atomic E-state index is 12.1. The van der Waals surface area contributed by atoms with Crippen LogP contribution in [0.4, 0.5) is 5.69 Å². The summed E-state index contributed by atoms with van der Waals surface area (Å²) in [7, 11) is 0. The molecule has 4 nitrogen and oxygen atoms in total. The SMILES string of the molecule is O=C(CN1CCCC(CCO)C1)Nc1ccccc1I. The van der Waals surface area contributed by atoms with Gasteiger partial charge < -0.3 is 10.4 Å². The Labute approximate surface area is 133 Å². The number of rotatable bonds is 5. The number of nitrogens with one attached hydrogen (secondary N) is 1. The molecule has 5 heteroatoms. The molecule has 110 valence electrons. The van der Waals surface area contributed by atoms with Crippen molar-refractivity contribution in [2.45, 2.75) is 19.3 Å². The number of halogens is 1. The molecular formula is C15H21IN2O2. The van der Waals surface area contributed by atoms with Crippen molar-refractivity contribution in [3.8, 4) is 0 Å². The maximum atomic E-state index is 12.1. The first-order chi connectivity index (χ1) is 9.69. The second-order valence-corrected chi connectivity index (χ2v) is 6.45. The van der Waals surface area contributed by atoms with E-state index in [-0.39, 0.29) is 12.5 Å². The van der Waals surface area contributed by atoms with Gasteiger partial charge in [0.05, 0.1) is 12.2 Å². The number of likely N-dealkylation sites (tertiary alicyclic amines) is 1. The lowest BCUT2D eigenvalue weighted by Crippen LogP contribution is -2.40. The summed E-state index contributed by atoms with van der Waals surface area (Å²) in [5.74, 6) is 0.567. The molecule has 0 bridgehead atoms. The van der Waals surface area contributed by atoms with E-state index in [9.17, 15) is 4.79 Å². The number of hydrogen-bond acceptors (Lipinski definition) is 3. The molecule has 2 rings (SSSR count). The van der Waals surface area contributed by atoms with Gasteiger partial charge in [-0.1, -0.05) is 12.1 Å². The zero-order valence-electron chi connectivity index (χ0n) is 11.5. The molecule has 20 heavy (non-hydrogen) atoms. The largest absolute Gasteiger partial charge is 0.396 e. The van der Waals surface area contributed by atoms with Crippen LogP contribution in [0.15, 0.2) is 24.3 Å². The Kier molecular flexibility index (Phi) is 6.25. The molecule has 0 spiro atoms. The van der Waals surface area contributed by atoms with Crippen LogP contribution < -0.4 is 5.32 Å². The van der Waals surface area contributed by atoms with Gasteiger partial charge in [-0.15, -0.1) is 0 Å². The minimum atomic E-state index is 0.0405. The summed E-state index contributed by atoms with van der Waals surface area (Å²) < 4.78 is 1.05. The number of aliphatic hydroxyl groups excluding tert-OH is 1. The van der Waals surface area contributed by atoms with Gasteiger partial charge in [-0.2, -0.15) is 0 Å². The topological polar surface area (TPSA) is 52.6 Å². The number of nitrogens with zero attached hydrogens (tertiary/aromatic N) is 1. The highest BCUT2D eigenvalue weighted by atomic mass is 127. The Bertz CT molecular complexity index is 451. The number of para-hydroxylation sites is 1. The van der Waals surface area contributed by atoms with Crippen LogP contribution in [0.3, 0.4) is 0 Å². The number of piperidine rings is 1. The molecule has 0 aromatic heterocycles. The molecule has 1 aliphatic heterocycles. The van der Waals surface area contributed by atoms with Crippen molar-refractivity contribution in [1.82, 2.24) is 4.90 Å². The van der Waals surface area contributed by atoms with E-state index in [0.29, 0.717) is 12.5 Å². The van der Waals surface area contributed by atoms with Gasteiger partial charge in [-0.3, -0.25) is 9.69 Å². The molecule has 0 saturated carbocycles. The zero-order valence-corrected chi connectivity index (χ0v) is 13.7. The second kappa shape index (κ2) is 7.95. The van der Waals surface area contributed by atoms with Crippen molar-refractivity contribution in [1.29, 1.82) is 0 Å². The van der Waals surface area contributed by atoms with Gasteiger partial charge in [-0.05, 0) is 66.4 Å². The summed E-state index contributed by atoms with van der Waals surface area (Å²) >= 11 is 2.22. The summed E-state index contributed by atoms with van der Waals surface area (Å²) in [6, 6.07) is 7.79. The average Bonchev–Trinajstić information content (AvgIpc) is 2.42. The van der Waals surface area contributed by atoms with E-state index < -0.39 is 0 Å². The Hall–Kier alpha value is -0.660. The standard InChI is InChI=1S/C15H21IN2O2/c16-13-5-1-2-6-14(13)17-15(20)11-18-8-3-4-12(10-18)7-9-19/h1-2,5-6,12,19H,3-4,7-11H2,(H,17,20). The van der Waals surface area contributed by atoms with Gasteiger partial charge >= 0.3 is 0 Å². The Morgan fingerprint density at radius 1 is 1.45 bits per heavy atom. The summed E-state index contributed by atoms with van der Waals surface area (Å²) in [6.07, 6.45) is 3.12. The van der Waals surface area contributed by atoms with Crippen molar-refractivity contribution >= 4 is 34.2 Å². The minimum absolute atomic E-state index is 0.0405. The molecule has 1 atom stereocenters. The van der Waals surface area contributed by atoms with Crippen molar-refractivity contribution < 1.29 is 9.90 Å². The molecule has 0 radical (unpaired) electrons. The van der Waals surface area contributed by atoms with Crippen LogP contribution in [0.2, 0.25) is 0 Å². The molecule has 1 fully saturated rings. The first-order valence-electron chi connectivity index (χ1n) is 7.06. The van der Waals surface area contributed by atoms with Gasteiger partial charge in [-0.25, -0.2) is 0 Å². The summed E-state index contributed by atoms with van der Waals surface area (Å²) in [4.78, 5) is 14.3. The third-order valence-corrected chi connectivity index (χ3v) is 4.60. The monoisotopic (exact) mass is 388 g/mol. The highest BCUT2D eigenvalue weighted by Crippen LogP contribution is 2.20. The van der Waals surface area contributed by atoms with Crippen LogP contribution in [0.1, 0.15) is 19.3 Å². The van der Waals surface area contributed by atoms with E-state index in [1.807, 2.05) is 24.3 Å². The van der Waals surface area contributed by atoms with Crippen LogP contribution in [0.25, 0.3) is 0 Å². The van der Waals surface area contributed by atoms with E-state index in [0.717, 1.165) is 41.6 Å². The molecule has 1 heterocycles. The van der Waals surface area contributed by atoms with Crippen LogP contribution in [0, 0.1) is 9.49 Å². The highest BCUT2D eigenvalue weighted by Gasteiger charge is 2.21. The Morgan fingerprint density at radius 3 is 3.00 bits per heavy atom. The lowest BCUT2D eigenvalue weighted by atomic mass is 9.95. The molecule has 1 aromatic rings. The van der Waals surface area contributed by atoms with E-state index in [2.05, 4.69) is 32.8 Å². The van der Waals surface area contributed by atoms with E-state index in [1.165, 1.54) is 0 Å². The molecule has 0 aliphatic carbocycles. The fourth-order valence-electron chi connectivity index (χ4n) is 2.67. The highest BCUT2D eigenvalue weighted by molar-refractivity contribution is 14.1. The molecule has 1 aromatic carbocycles. The first kappa shape index (κ1) is 15.7. The smallest absolute Gasteiger partial charge is 0.238 e. The Balaban J connectivity index is 1.84. The number of anilines is 1. The van der Waals surface area contributed by atoms with Crippen molar-refractivity contribution in [3.63, 3.8) is 0 Å². The molecule has 1 saturated heterocycles. The molecular weight excluding hydrogens is 367 g/mol. The molecule has 1 amide bonds. The Morgan fingerprint density at radius 2 is 2.25 bits per heavy atom. The van der Waals surface area contributed by atoms with Gasteiger partial charge in [0.2, 0.25) is 5.91 Å². The fourth-order valence-corrected chi connectivity index (χ4v) is 3.19. The van der Waals surface area contributed by atoms with Crippen LogP contribution in [0.5, 0.6) is 0 Å². The van der Waals surface area contributed by atoms with Gasteiger partial charge in [0.25, 0.3) is 0 Å². The van der Waals surface area contributed by atoms with Crippen molar-refractivity contribution in [2.75, 3.05) is 31.6 Å². The lowest BCUT2D eigenvalue weighted by Gasteiger charge is -2.31. The van der Waals surface area contributed by atoms with Crippen molar-refractivity contribution in [3.05, 3.63) is 27.8 Å². The van der Waals surface area contributed by atoms with Crippen LogP contribution >= 0.6 is 22.6 Å². The molecule has 2 N–H and O–H groups in total. The number of aliphatic hydroxyl groups is 1. The molecule has 1 aliphatic rings. The first-order valence-corrected chi connectivity index (χ1v) is 8.14. The zero-order chi connectivity index (χ0) is 14.4. The number of carbonyl (C=O) groups is 1. The van der Waals surface area contributed by atoms with E-state index >= 15 is 0 Å². The fraction of sp³-hybridized carbons (Fsp3) is 0.533. The van der Waals surface area contributed by atoms with Crippen LogP contribution in [-0.4, -0.2) is 42.2 Å². The van der Waals surface area contributed by atoms with Gasteiger partial charge in [0, 0.05) is 16.7 Å². The van der Waals surface area contributed by atoms with Gasteiger partial charge in [0.1, 0.15) is 0 Å². The molecule has 1 unspecified atom stereocenters. The average molecular weight is 388 g/mol. The normalized spacial score (nSPS) is 19.8. The third-order valence-electron chi connectivity index (χ3n) is 3.66. The predicted octanol–water partition coefficient (Wildman–Crippen LogP) is 2.32. The quantitative estimate of drug-likeness (QED) is 0.762. The number of hydrogen-bond donors (Lipinski definition) is 2. The van der Waals surface area contributed by atoms with Crippen molar-refractivity contribution in [2.24, 2.45) is 5.92 Å². The predicted molar refractivity (Wildman–Crippen MR) is 88.7 cm³/mol. The minimum Gasteiger partial charge on any atom is -0.396 e. The van der Waals surface area contributed by atoms with Crippen LogP contribution in [-0.2, 0) is 4.79 Å². The number of amides is 1. The number of carbonyl (C=O) groups excluding carboxylic acids is 1. The number of benzene rings is 1. The summed E-state index contributed by atoms with van der Waals surface area (Å²) in [5.41, 5.74) is 0.877. The summed E-state index contributed by atoms with van der Waals surface area (Å²) in [5, 5.41) is 12.0. The lowest BCUT2D eigenvalue weighted by molar-refractivity contribution is -0.117. The van der Waals surface area contributed by atoms with E-state index in [4.69, 9.17) is 5.11 Å². The van der Waals surface area contributed by atoms with Gasteiger partial charge in [0.15, 0.2) is 0 Å². The maximum Gasteiger partial charge on any atom is 0.238 e. The summed E-state index contributed by atoms with van der Waals surface area (Å²) in [6.45, 7) is 2.57. The van der Waals surface area contributed by atoms with E-state index in [1.54, 1.807) is 0 Å². The second-order valence-electron chi connectivity index (χ2n) is 5.28.